The molecule has 1 atom stereocenters. The average Bonchev–Trinajstić information content (AvgIpc) is 2.92. The number of Topliss-reactive ketones (excluding diaryl/α,β-unsaturated/α-hetero) is 1. The van der Waals surface area contributed by atoms with Crippen molar-refractivity contribution in [3.05, 3.63) is 21.4 Å². The molecule has 0 radical (unpaired) electrons. The first-order valence-corrected chi connectivity index (χ1v) is 7.72. The average molecular weight is 294 g/mol. The minimum atomic E-state index is -0.366. The Bertz CT molecular complexity index is 538. The lowest BCUT2D eigenvalue weighted by molar-refractivity contribution is -0.129. The molecule has 2 heterocycles. The summed E-state index contributed by atoms with van der Waals surface area (Å²) in [6.07, 6.45) is 0.807. The van der Waals surface area contributed by atoms with E-state index in [1.807, 2.05) is 26.8 Å². The van der Waals surface area contributed by atoms with Gasteiger partial charge in [0.25, 0.3) is 0 Å². The Hall–Kier alpha value is -1.20. The lowest BCUT2D eigenvalue weighted by Gasteiger charge is -2.22. The number of hydrogen-bond donors (Lipinski definition) is 1. The smallest absolute Gasteiger partial charge is 0.227 e. The number of carbonyl (C=O) groups is 2. The van der Waals surface area contributed by atoms with Gasteiger partial charge in [-0.3, -0.25) is 14.5 Å². The predicted molar refractivity (Wildman–Crippen MR) is 81.4 cm³/mol. The number of amides is 1. The van der Waals surface area contributed by atoms with Gasteiger partial charge < -0.3 is 5.32 Å². The van der Waals surface area contributed by atoms with Gasteiger partial charge in [-0.1, -0.05) is 0 Å². The summed E-state index contributed by atoms with van der Waals surface area (Å²) in [4.78, 5) is 28.6. The molecule has 110 valence electrons. The molecule has 5 heteroatoms. The Morgan fingerprint density at radius 1 is 1.45 bits per heavy atom. The number of carbonyl (C=O) groups excluding carboxylic acids is 2. The molecule has 1 N–H and O–H groups in total. The van der Waals surface area contributed by atoms with Crippen LogP contribution in [0.3, 0.4) is 0 Å². The van der Waals surface area contributed by atoms with Crippen LogP contribution in [0.1, 0.15) is 33.5 Å². The van der Waals surface area contributed by atoms with Crippen LogP contribution in [0.4, 0.5) is 0 Å². The topological polar surface area (TPSA) is 49.4 Å². The van der Waals surface area contributed by atoms with Crippen molar-refractivity contribution >= 4 is 23.0 Å². The van der Waals surface area contributed by atoms with Crippen molar-refractivity contribution in [2.45, 2.75) is 27.2 Å². The number of aryl methyl sites for hydroxylation is 2. The van der Waals surface area contributed by atoms with E-state index in [0.29, 0.717) is 13.1 Å². The van der Waals surface area contributed by atoms with Gasteiger partial charge in [-0.2, -0.15) is 0 Å². The molecule has 0 aliphatic carbocycles. The summed E-state index contributed by atoms with van der Waals surface area (Å²) in [6.45, 7) is 7.84. The molecule has 1 aromatic rings. The fourth-order valence-electron chi connectivity index (χ4n) is 2.87. The van der Waals surface area contributed by atoms with Gasteiger partial charge in [-0.05, 0) is 39.8 Å². The highest BCUT2D eigenvalue weighted by molar-refractivity contribution is 7.12. The van der Waals surface area contributed by atoms with E-state index in [1.165, 1.54) is 4.88 Å². The van der Waals surface area contributed by atoms with Gasteiger partial charge in [0.05, 0.1) is 12.0 Å². The van der Waals surface area contributed by atoms with Crippen molar-refractivity contribution in [2.75, 3.05) is 26.7 Å². The number of ketones is 1. The molecule has 1 aliphatic rings. The molecule has 20 heavy (non-hydrogen) atoms. The number of nitrogens with zero attached hydrogens (tertiary/aromatic N) is 1. The van der Waals surface area contributed by atoms with Gasteiger partial charge in [0, 0.05) is 28.9 Å². The predicted octanol–water partition coefficient (Wildman–Crippen LogP) is 2.01. The van der Waals surface area contributed by atoms with Crippen molar-refractivity contribution in [2.24, 2.45) is 5.41 Å². The first-order valence-electron chi connectivity index (χ1n) is 6.90. The van der Waals surface area contributed by atoms with Gasteiger partial charge in [0.2, 0.25) is 5.91 Å². The fourth-order valence-corrected chi connectivity index (χ4v) is 3.82. The zero-order valence-electron chi connectivity index (χ0n) is 12.6. The van der Waals surface area contributed by atoms with Crippen LogP contribution < -0.4 is 5.32 Å². The molecule has 1 fully saturated rings. The fraction of sp³-hybridized carbons (Fsp3) is 0.600. The number of nitrogens with one attached hydrogen (secondary N) is 1. The summed E-state index contributed by atoms with van der Waals surface area (Å²) < 4.78 is 0. The molecular formula is C15H22N2O2S. The molecule has 1 amide bonds. The Morgan fingerprint density at radius 3 is 2.70 bits per heavy atom. The molecule has 0 spiro atoms. The van der Waals surface area contributed by atoms with Crippen LogP contribution in [0.25, 0.3) is 0 Å². The van der Waals surface area contributed by atoms with Gasteiger partial charge in [-0.15, -0.1) is 11.3 Å². The molecule has 2 rings (SSSR count). The molecule has 1 aromatic heterocycles. The van der Waals surface area contributed by atoms with E-state index in [9.17, 15) is 9.59 Å². The minimum Gasteiger partial charge on any atom is -0.359 e. The highest BCUT2D eigenvalue weighted by Gasteiger charge is 2.40. The Kier molecular flexibility index (Phi) is 4.30. The maximum absolute atomic E-state index is 12.3. The highest BCUT2D eigenvalue weighted by Crippen LogP contribution is 2.30. The Labute approximate surface area is 124 Å². The first-order chi connectivity index (χ1) is 9.35. The van der Waals surface area contributed by atoms with E-state index in [4.69, 9.17) is 0 Å². The zero-order chi connectivity index (χ0) is 14.9. The summed E-state index contributed by atoms with van der Waals surface area (Å²) in [6, 6.07) is 1.97. The van der Waals surface area contributed by atoms with E-state index in [2.05, 4.69) is 10.2 Å². The summed E-state index contributed by atoms with van der Waals surface area (Å²) in [5.41, 5.74) is 0.468. The lowest BCUT2D eigenvalue weighted by atomic mass is 9.89. The quantitative estimate of drug-likeness (QED) is 0.864. The molecule has 1 aliphatic heterocycles. The third-order valence-electron chi connectivity index (χ3n) is 4.04. The van der Waals surface area contributed by atoms with E-state index in [-0.39, 0.29) is 17.1 Å². The van der Waals surface area contributed by atoms with Crippen LogP contribution in [0, 0.1) is 19.3 Å². The standard InChI is InChI=1S/C15H22N2O2S/c1-10-7-12(11(2)20-10)13(18)8-17-6-5-15(3,9-17)14(19)16-4/h7H,5-6,8-9H2,1-4H3,(H,16,19). The maximum Gasteiger partial charge on any atom is 0.227 e. The normalized spacial score (nSPS) is 23.0. The third kappa shape index (κ3) is 2.94. The van der Waals surface area contributed by atoms with Crippen LogP contribution in [0.5, 0.6) is 0 Å². The zero-order valence-corrected chi connectivity index (χ0v) is 13.4. The van der Waals surface area contributed by atoms with Crippen LogP contribution in [-0.2, 0) is 4.79 Å². The second-order valence-electron chi connectivity index (χ2n) is 5.85. The number of hydrogen-bond acceptors (Lipinski definition) is 4. The van der Waals surface area contributed by atoms with Crippen molar-refractivity contribution in [3.63, 3.8) is 0 Å². The second kappa shape index (κ2) is 5.66. The highest BCUT2D eigenvalue weighted by atomic mass is 32.1. The molecule has 0 bridgehead atoms. The maximum atomic E-state index is 12.3. The van der Waals surface area contributed by atoms with Crippen LogP contribution in [0.15, 0.2) is 6.07 Å². The van der Waals surface area contributed by atoms with Crippen molar-refractivity contribution in [1.82, 2.24) is 10.2 Å². The van der Waals surface area contributed by atoms with Crippen molar-refractivity contribution < 1.29 is 9.59 Å². The van der Waals surface area contributed by atoms with Crippen LogP contribution in [-0.4, -0.2) is 43.3 Å². The molecule has 1 saturated heterocycles. The molecule has 0 saturated carbocycles. The van der Waals surface area contributed by atoms with Crippen molar-refractivity contribution in [3.8, 4) is 0 Å². The first kappa shape index (κ1) is 15.2. The second-order valence-corrected chi connectivity index (χ2v) is 7.31. The Balaban J connectivity index is 2.00. The van der Waals surface area contributed by atoms with Gasteiger partial charge in [-0.25, -0.2) is 0 Å². The van der Waals surface area contributed by atoms with Crippen LogP contribution in [0.2, 0.25) is 0 Å². The lowest BCUT2D eigenvalue weighted by Crippen LogP contribution is -2.40. The Morgan fingerprint density at radius 2 is 2.15 bits per heavy atom. The minimum absolute atomic E-state index is 0.0648. The monoisotopic (exact) mass is 294 g/mol. The number of rotatable bonds is 4. The third-order valence-corrected chi connectivity index (χ3v) is 5.00. The van der Waals surface area contributed by atoms with E-state index in [1.54, 1.807) is 18.4 Å². The summed E-state index contributed by atoms with van der Waals surface area (Å²) in [7, 11) is 1.67. The van der Waals surface area contributed by atoms with E-state index >= 15 is 0 Å². The van der Waals surface area contributed by atoms with Gasteiger partial charge in [0.1, 0.15) is 0 Å². The largest absolute Gasteiger partial charge is 0.359 e. The molecular weight excluding hydrogens is 272 g/mol. The van der Waals surface area contributed by atoms with E-state index in [0.717, 1.165) is 23.4 Å². The number of thiophene rings is 1. The molecule has 4 nitrogen and oxygen atoms in total. The van der Waals surface area contributed by atoms with Crippen LogP contribution >= 0.6 is 11.3 Å². The van der Waals surface area contributed by atoms with Gasteiger partial charge >= 0.3 is 0 Å². The molecule has 0 aromatic carbocycles. The van der Waals surface area contributed by atoms with Gasteiger partial charge in [0.15, 0.2) is 5.78 Å². The SMILES string of the molecule is CNC(=O)C1(C)CCN(CC(=O)c2cc(C)sc2C)C1. The molecule has 1 unspecified atom stereocenters. The van der Waals surface area contributed by atoms with Crippen molar-refractivity contribution in [1.29, 1.82) is 0 Å². The number of likely N-dealkylation sites (tertiary alicyclic amines) is 1. The summed E-state index contributed by atoms with van der Waals surface area (Å²) in [5, 5.41) is 2.72. The van der Waals surface area contributed by atoms with E-state index < -0.39 is 0 Å². The summed E-state index contributed by atoms with van der Waals surface area (Å²) >= 11 is 1.66. The summed E-state index contributed by atoms with van der Waals surface area (Å²) in [5.74, 6) is 0.225.